The molecule has 2 aromatic carbocycles. The molecule has 4 heterocycles. The first-order chi connectivity index (χ1) is 23.7. The van der Waals surface area contributed by atoms with E-state index < -0.39 is 5.91 Å². The fourth-order valence-electron chi connectivity index (χ4n) is 6.69. The van der Waals surface area contributed by atoms with E-state index in [2.05, 4.69) is 25.9 Å². The Morgan fingerprint density at radius 3 is 2.43 bits per heavy atom. The van der Waals surface area contributed by atoms with Gasteiger partial charge in [-0.2, -0.15) is 5.10 Å². The Balaban J connectivity index is 1.13. The lowest BCUT2D eigenvalue weighted by Crippen LogP contribution is -2.20. The number of amides is 3. The number of aryl methyl sites for hydroxylation is 6. The van der Waals surface area contributed by atoms with E-state index in [0.29, 0.717) is 61.1 Å². The molecule has 0 bridgehead atoms. The second kappa shape index (κ2) is 13.0. The summed E-state index contributed by atoms with van der Waals surface area (Å²) in [4.78, 5) is 48.2. The Kier molecular flexibility index (Phi) is 8.45. The number of nitrogens with two attached hydrogens (primary N) is 1. The number of benzene rings is 2. The van der Waals surface area contributed by atoms with Gasteiger partial charge in [-0.25, -0.2) is 9.97 Å². The first kappa shape index (κ1) is 31.8. The highest BCUT2D eigenvalue weighted by molar-refractivity contribution is 6.04. The van der Waals surface area contributed by atoms with Crippen molar-refractivity contribution in [2.75, 3.05) is 10.6 Å². The third-order valence-electron chi connectivity index (χ3n) is 9.07. The molecule has 1 aliphatic rings. The summed E-state index contributed by atoms with van der Waals surface area (Å²) in [5, 5.41) is 14.5. The number of nitrogens with zero attached hydrogens (tertiary/aromatic N) is 7. The zero-order valence-corrected chi connectivity index (χ0v) is 27.7. The van der Waals surface area contributed by atoms with Crippen LogP contribution in [0.2, 0.25) is 0 Å². The molecule has 3 amide bonds. The van der Waals surface area contributed by atoms with Crippen LogP contribution in [0.5, 0.6) is 0 Å². The number of hydrogen-bond donors (Lipinski definition) is 3. The third-order valence-corrected chi connectivity index (χ3v) is 9.07. The van der Waals surface area contributed by atoms with Gasteiger partial charge in [-0.05, 0) is 95.2 Å². The van der Waals surface area contributed by atoms with Gasteiger partial charge in [0.1, 0.15) is 5.69 Å². The molecular weight excluding hydrogens is 624 g/mol. The number of hydrogen-bond acceptors (Lipinski definition) is 8. The molecule has 0 saturated heterocycles. The molecule has 4 aromatic heterocycles. The maximum Gasteiger partial charge on any atom is 0.296 e. The monoisotopic (exact) mass is 662 g/mol. The van der Waals surface area contributed by atoms with Crippen molar-refractivity contribution in [1.82, 2.24) is 34.0 Å². The molecular formula is C35H38N10O4. The fourth-order valence-corrected chi connectivity index (χ4v) is 6.69. The number of aromatic nitrogens is 7. The molecule has 49 heavy (non-hydrogen) atoms. The van der Waals surface area contributed by atoms with Gasteiger partial charge < -0.3 is 19.4 Å². The molecule has 0 radical (unpaired) electrons. The van der Waals surface area contributed by atoms with Gasteiger partial charge >= 0.3 is 0 Å². The van der Waals surface area contributed by atoms with Gasteiger partial charge in [0.15, 0.2) is 0 Å². The number of carbonyl (C=O) groups is 3. The Hall–Kier alpha value is -5.79. The zero-order chi connectivity index (χ0) is 34.2. The van der Waals surface area contributed by atoms with E-state index in [1.165, 1.54) is 0 Å². The van der Waals surface area contributed by atoms with Gasteiger partial charge in [-0.1, -0.05) is 17.3 Å². The molecule has 7 rings (SSSR count). The zero-order valence-electron chi connectivity index (χ0n) is 27.7. The minimum Gasteiger partial charge on any atom is -0.366 e. The molecule has 0 fully saturated rings. The minimum atomic E-state index is -0.557. The number of imidazole rings is 2. The summed E-state index contributed by atoms with van der Waals surface area (Å²) >= 11 is 0. The van der Waals surface area contributed by atoms with Gasteiger partial charge in [0.05, 0.1) is 33.5 Å². The predicted molar refractivity (Wildman–Crippen MR) is 184 cm³/mol. The summed E-state index contributed by atoms with van der Waals surface area (Å²) in [7, 11) is 0. The van der Waals surface area contributed by atoms with E-state index in [1.807, 2.05) is 48.1 Å². The van der Waals surface area contributed by atoms with E-state index in [4.69, 9.17) is 15.2 Å². The average molecular weight is 663 g/mol. The quantitative estimate of drug-likeness (QED) is 0.159. The maximum absolute atomic E-state index is 13.4. The van der Waals surface area contributed by atoms with Crippen LogP contribution in [-0.2, 0) is 32.5 Å². The largest absolute Gasteiger partial charge is 0.366 e. The van der Waals surface area contributed by atoms with Gasteiger partial charge in [-0.15, -0.1) is 0 Å². The Morgan fingerprint density at radius 2 is 1.63 bits per heavy atom. The Morgan fingerprint density at radius 1 is 0.898 bits per heavy atom. The van der Waals surface area contributed by atoms with Crippen LogP contribution in [0.3, 0.4) is 0 Å². The van der Waals surface area contributed by atoms with Crippen LogP contribution in [0.4, 0.5) is 11.9 Å². The van der Waals surface area contributed by atoms with Gasteiger partial charge in [0.2, 0.25) is 23.6 Å². The molecule has 14 heteroatoms. The third kappa shape index (κ3) is 6.05. The van der Waals surface area contributed by atoms with E-state index >= 15 is 0 Å². The topological polar surface area (TPSA) is 181 Å². The molecule has 4 N–H and O–H groups in total. The van der Waals surface area contributed by atoms with Crippen LogP contribution in [0.15, 0.2) is 47.0 Å². The smallest absolute Gasteiger partial charge is 0.296 e. The van der Waals surface area contributed by atoms with Crippen molar-refractivity contribution in [3.8, 4) is 0 Å². The SMILES string of the molecule is CCn1nc(C)cc1C(=O)Nc1nc2cc(C(N)=O)ccc2n1CCCCn1c(NC(=O)c2onc3c2CCCC3)nc2cccc(C)c21. The summed E-state index contributed by atoms with van der Waals surface area (Å²) in [5.74, 6) is -0.192. The first-order valence-electron chi connectivity index (χ1n) is 16.6. The van der Waals surface area contributed by atoms with E-state index in [0.717, 1.165) is 64.7 Å². The number of para-hydroxylation sites is 1. The predicted octanol–water partition coefficient (Wildman–Crippen LogP) is 5.17. The lowest BCUT2D eigenvalue weighted by atomic mass is 9.96. The van der Waals surface area contributed by atoms with Crippen molar-refractivity contribution in [2.45, 2.75) is 78.9 Å². The van der Waals surface area contributed by atoms with E-state index in [-0.39, 0.29) is 17.6 Å². The Bertz CT molecular complexity index is 2240. The van der Waals surface area contributed by atoms with E-state index in [9.17, 15) is 14.4 Å². The first-order valence-corrected chi connectivity index (χ1v) is 16.6. The normalized spacial score (nSPS) is 12.8. The highest BCUT2D eigenvalue weighted by atomic mass is 16.5. The molecule has 6 aromatic rings. The summed E-state index contributed by atoms with van der Waals surface area (Å²) < 4.78 is 11.1. The van der Waals surface area contributed by atoms with Crippen LogP contribution < -0.4 is 16.4 Å². The van der Waals surface area contributed by atoms with Gasteiger partial charge in [0, 0.05) is 30.8 Å². The number of carbonyl (C=O) groups excluding carboxylic acids is 3. The highest BCUT2D eigenvalue weighted by Crippen LogP contribution is 2.28. The van der Waals surface area contributed by atoms with Crippen LogP contribution in [0, 0.1) is 13.8 Å². The lowest BCUT2D eigenvalue weighted by Gasteiger charge is -2.13. The van der Waals surface area contributed by atoms with Crippen molar-refractivity contribution >= 4 is 51.7 Å². The van der Waals surface area contributed by atoms with Crippen LogP contribution in [-0.4, -0.2) is 51.8 Å². The fraction of sp³-hybridized carbons (Fsp3) is 0.343. The number of anilines is 2. The molecule has 0 aliphatic heterocycles. The molecule has 0 saturated carbocycles. The summed E-state index contributed by atoms with van der Waals surface area (Å²) in [5.41, 5.74) is 12.9. The Labute approximate surface area is 281 Å². The number of unbranched alkanes of at least 4 members (excludes halogenated alkanes) is 1. The molecule has 14 nitrogen and oxygen atoms in total. The summed E-state index contributed by atoms with van der Waals surface area (Å²) in [6.07, 6.45) is 5.04. The van der Waals surface area contributed by atoms with Crippen molar-refractivity contribution in [1.29, 1.82) is 0 Å². The van der Waals surface area contributed by atoms with Crippen LogP contribution in [0.25, 0.3) is 22.1 Å². The highest BCUT2D eigenvalue weighted by Gasteiger charge is 2.26. The number of rotatable bonds is 11. The lowest BCUT2D eigenvalue weighted by molar-refractivity contribution is 0.0981. The molecule has 0 spiro atoms. The summed E-state index contributed by atoms with van der Waals surface area (Å²) in [6, 6.07) is 12.7. The molecule has 0 unspecified atom stereocenters. The van der Waals surface area contributed by atoms with Crippen molar-refractivity contribution in [3.05, 3.63) is 82.0 Å². The van der Waals surface area contributed by atoms with Crippen LogP contribution in [0.1, 0.15) is 86.5 Å². The average Bonchev–Trinajstić information content (AvgIpc) is 3.86. The van der Waals surface area contributed by atoms with Crippen molar-refractivity contribution < 1.29 is 18.9 Å². The van der Waals surface area contributed by atoms with Gasteiger partial charge in [-0.3, -0.25) is 29.7 Å². The number of fused-ring (bicyclic) bond motifs is 3. The molecule has 1 aliphatic carbocycles. The second-order valence-corrected chi connectivity index (χ2v) is 12.4. The standard InChI is InChI=1S/C35H38N10O4/c1-4-45-28(18-21(3)41-45)32(47)39-34-38-26-19-22(31(36)46)14-15-27(26)43(34)16-7-8-17-44-29-20(2)10-9-13-25(29)37-35(44)40-33(48)30-23-11-5-6-12-24(23)42-49-30/h9-10,13-15,18-19H,4-8,11-12,16-17H2,1-3H3,(H2,36,46)(H,37,40,48)(H,38,39,47). The number of primary amides is 1. The molecule has 0 atom stereocenters. The van der Waals surface area contributed by atoms with E-state index in [1.54, 1.807) is 28.9 Å². The second-order valence-electron chi connectivity index (χ2n) is 12.4. The van der Waals surface area contributed by atoms with Crippen molar-refractivity contribution in [3.63, 3.8) is 0 Å². The van der Waals surface area contributed by atoms with Gasteiger partial charge in [0.25, 0.3) is 11.8 Å². The number of nitrogens with one attached hydrogen (secondary N) is 2. The van der Waals surface area contributed by atoms with Crippen LogP contribution >= 0.6 is 0 Å². The maximum atomic E-state index is 13.4. The summed E-state index contributed by atoms with van der Waals surface area (Å²) in [6.45, 7) is 7.42. The minimum absolute atomic E-state index is 0.253. The molecule has 252 valence electrons. The van der Waals surface area contributed by atoms with Crippen molar-refractivity contribution in [2.24, 2.45) is 5.73 Å².